The van der Waals surface area contributed by atoms with Crippen molar-refractivity contribution in [3.8, 4) is 11.4 Å². The van der Waals surface area contributed by atoms with Crippen LogP contribution in [-0.2, 0) is 0 Å². The smallest absolute Gasteiger partial charge is 0.187 e. The molecule has 0 spiro atoms. The van der Waals surface area contributed by atoms with E-state index in [-0.39, 0.29) is 5.82 Å². The summed E-state index contributed by atoms with van der Waals surface area (Å²) in [5.74, 6) is -0.308. The molecular formula is C17H11Br2FN4S. The van der Waals surface area contributed by atoms with Gasteiger partial charge in [0.1, 0.15) is 17.2 Å². The van der Waals surface area contributed by atoms with Crippen molar-refractivity contribution >= 4 is 59.7 Å². The van der Waals surface area contributed by atoms with Crippen molar-refractivity contribution in [2.45, 2.75) is 6.92 Å². The summed E-state index contributed by atoms with van der Waals surface area (Å²) in [4.78, 5) is 9.13. The van der Waals surface area contributed by atoms with Gasteiger partial charge >= 0.3 is 0 Å². The highest BCUT2D eigenvalue weighted by Crippen LogP contribution is 2.35. The van der Waals surface area contributed by atoms with Crippen LogP contribution >= 0.6 is 43.2 Å². The number of aromatic nitrogens is 3. The summed E-state index contributed by atoms with van der Waals surface area (Å²) < 4.78 is 17.2. The van der Waals surface area contributed by atoms with E-state index >= 15 is 0 Å². The van der Waals surface area contributed by atoms with Crippen molar-refractivity contribution in [1.82, 2.24) is 14.4 Å². The topological polar surface area (TPSA) is 42.2 Å². The lowest BCUT2D eigenvalue weighted by Crippen LogP contribution is -1.94. The van der Waals surface area contributed by atoms with Crippen LogP contribution < -0.4 is 5.32 Å². The average molecular weight is 482 g/mol. The first-order valence-corrected chi connectivity index (χ1v) is 9.80. The number of pyridine rings is 1. The van der Waals surface area contributed by atoms with Crippen molar-refractivity contribution < 1.29 is 4.39 Å². The number of anilines is 2. The third-order valence-corrected chi connectivity index (χ3v) is 5.78. The molecular weight excluding hydrogens is 471 g/mol. The van der Waals surface area contributed by atoms with Crippen LogP contribution in [0, 0.1) is 12.7 Å². The SMILES string of the molecule is Cc1nc2ccc(F)cn2c1-c1csc(Nc2c(Br)cccc2Br)n1. The molecule has 0 atom stereocenters. The Morgan fingerprint density at radius 1 is 1.12 bits per heavy atom. The number of nitrogens with zero attached hydrogens (tertiary/aromatic N) is 3. The Morgan fingerprint density at radius 3 is 2.64 bits per heavy atom. The van der Waals surface area contributed by atoms with Crippen LogP contribution in [0.3, 0.4) is 0 Å². The molecule has 25 heavy (non-hydrogen) atoms. The molecule has 3 aromatic heterocycles. The Balaban J connectivity index is 1.75. The predicted molar refractivity (Wildman–Crippen MR) is 106 cm³/mol. The molecule has 1 N–H and O–H groups in total. The molecule has 0 saturated carbocycles. The van der Waals surface area contributed by atoms with Crippen LogP contribution in [0.4, 0.5) is 15.2 Å². The maximum Gasteiger partial charge on any atom is 0.187 e. The van der Waals surface area contributed by atoms with E-state index in [0.717, 1.165) is 36.8 Å². The van der Waals surface area contributed by atoms with Gasteiger partial charge in [-0.2, -0.15) is 0 Å². The molecule has 0 aliphatic rings. The molecule has 0 radical (unpaired) electrons. The highest BCUT2D eigenvalue weighted by atomic mass is 79.9. The van der Waals surface area contributed by atoms with Gasteiger partial charge in [-0.05, 0) is 63.0 Å². The van der Waals surface area contributed by atoms with E-state index in [9.17, 15) is 4.39 Å². The minimum Gasteiger partial charge on any atom is -0.330 e. The summed E-state index contributed by atoms with van der Waals surface area (Å²) in [6, 6.07) is 8.93. The fourth-order valence-electron chi connectivity index (χ4n) is 2.61. The summed E-state index contributed by atoms with van der Waals surface area (Å²) in [7, 11) is 0. The zero-order chi connectivity index (χ0) is 17.6. The molecule has 0 saturated heterocycles. The zero-order valence-corrected chi connectivity index (χ0v) is 16.9. The number of rotatable bonds is 3. The lowest BCUT2D eigenvalue weighted by Gasteiger charge is -2.07. The van der Waals surface area contributed by atoms with Crippen molar-refractivity contribution in [2.24, 2.45) is 0 Å². The molecule has 3 heterocycles. The van der Waals surface area contributed by atoms with Gasteiger partial charge in [0.05, 0.1) is 17.1 Å². The van der Waals surface area contributed by atoms with E-state index in [1.807, 2.05) is 30.5 Å². The number of hydrogen-bond donors (Lipinski definition) is 1. The highest BCUT2D eigenvalue weighted by molar-refractivity contribution is 9.11. The molecule has 8 heteroatoms. The Bertz CT molecular complexity index is 1070. The molecule has 0 bridgehead atoms. The van der Waals surface area contributed by atoms with Crippen LogP contribution in [0.1, 0.15) is 5.69 Å². The Morgan fingerprint density at radius 2 is 1.88 bits per heavy atom. The third-order valence-electron chi connectivity index (χ3n) is 3.70. The van der Waals surface area contributed by atoms with Gasteiger partial charge < -0.3 is 5.32 Å². The number of nitrogens with one attached hydrogen (secondary N) is 1. The van der Waals surface area contributed by atoms with Crippen molar-refractivity contribution in [1.29, 1.82) is 0 Å². The quantitative estimate of drug-likeness (QED) is 0.380. The molecule has 4 rings (SSSR count). The summed E-state index contributed by atoms with van der Waals surface area (Å²) in [6.45, 7) is 1.90. The van der Waals surface area contributed by atoms with Gasteiger partial charge in [-0.3, -0.25) is 4.40 Å². The van der Waals surface area contributed by atoms with Crippen LogP contribution in [0.5, 0.6) is 0 Å². The Labute approximate surface area is 164 Å². The van der Waals surface area contributed by atoms with E-state index in [1.54, 1.807) is 10.5 Å². The minimum atomic E-state index is -0.308. The van der Waals surface area contributed by atoms with Crippen LogP contribution in [0.15, 0.2) is 50.9 Å². The van der Waals surface area contributed by atoms with E-state index < -0.39 is 0 Å². The zero-order valence-electron chi connectivity index (χ0n) is 12.9. The molecule has 0 fully saturated rings. The normalized spacial score (nSPS) is 11.2. The van der Waals surface area contributed by atoms with Crippen molar-refractivity contribution in [3.05, 3.63) is 62.4 Å². The molecule has 0 aliphatic carbocycles. The van der Waals surface area contributed by atoms with Gasteiger partial charge in [0.2, 0.25) is 0 Å². The molecule has 4 nitrogen and oxygen atoms in total. The predicted octanol–water partition coefficient (Wildman–Crippen LogP) is 6.17. The summed E-state index contributed by atoms with van der Waals surface area (Å²) in [5, 5.41) is 5.99. The van der Waals surface area contributed by atoms with E-state index in [4.69, 9.17) is 0 Å². The fourth-order valence-corrected chi connectivity index (χ4v) is 4.51. The fraction of sp³-hybridized carbons (Fsp3) is 0.0588. The molecule has 0 amide bonds. The number of imidazole rings is 1. The minimum absolute atomic E-state index is 0.308. The number of benzene rings is 1. The number of thiazole rings is 1. The number of aryl methyl sites for hydroxylation is 1. The molecule has 126 valence electrons. The molecule has 1 aromatic carbocycles. The first-order chi connectivity index (χ1) is 12.0. The van der Waals surface area contributed by atoms with E-state index in [1.165, 1.54) is 23.6 Å². The number of para-hydroxylation sites is 1. The van der Waals surface area contributed by atoms with Gasteiger partial charge in [-0.25, -0.2) is 14.4 Å². The van der Waals surface area contributed by atoms with Crippen molar-refractivity contribution in [2.75, 3.05) is 5.32 Å². The van der Waals surface area contributed by atoms with Crippen LogP contribution in [-0.4, -0.2) is 14.4 Å². The maximum absolute atomic E-state index is 13.6. The monoisotopic (exact) mass is 480 g/mol. The molecule has 4 aromatic rings. The van der Waals surface area contributed by atoms with Crippen LogP contribution in [0.25, 0.3) is 17.0 Å². The maximum atomic E-state index is 13.6. The van der Waals surface area contributed by atoms with Gasteiger partial charge in [0, 0.05) is 20.5 Å². The summed E-state index contributed by atoms with van der Waals surface area (Å²) in [5.41, 5.74) is 3.97. The number of hydrogen-bond acceptors (Lipinski definition) is 4. The Hall–Kier alpha value is -1.77. The second-order valence-corrected chi connectivity index (χ2v) is 7.95. The largest absolute Gasteiger partial charge is 0.330 e. The van der Waals surface area contributed by atoms with Crippen LogP contribution in [0.2, 0.25) is 0 Å². The van der Waals surface area contributed by atoms with E-state index in [2.05, 4.69) is 47.1 Å². The highest BCUT2D eigenvalue weighted by Gasteiger charge is 2.15. The van der Waals surface area contributed by atoms with E-state index in [0.29, 0.717) is 5.65 Å². The standard InChI is InChI=1S/C17H11Br2FN4S/c1-9-16(24-7-10(20)5-6-14(24)21-9)13-8-25-17(22-13)23-15-11(18)3-2-4-12(15)19/h2-8H,1H3,(H,22,23). The van der Waals surface area contributed by atoms with Gasteiger partial charge in [0.15, 0.2) is 5.13 Å². The third kappa shape index (κ3) is 3.09. The summed E-state index contributed by atoms with van der Waals surface area (Å²) in [6.07, 6.45) is 1.43. The van der Waals surface area contributed by atoms with Gasteiger partial charge in [-0.1, -0.05) is 6.07 Å². The second-order valence-electron chi connectivity index (χ2n) is 5.38. The lowest BCUT2D eigenvalue weighted by atomic mass is 10.3. The molecule has 0 aliphatic heterocycles. The first kappa shape index (κ1) is 16.7. The number of halogens is 3. The van der Waals surface area contributed by atoms with Gasteiger partial charge in [0.25, 0.3) is 0 Å². The lowest BCUT2D eigenvalue weighted by molar-refractivity contribution is 0.619. The first-order valence-electron chi connectivity index (χ1n) is 7.34. The number of fused-ring (bicyclic) bond motifs is 1. The second kappa shape index (κ2) is 6.51. The average Bonchev–Trinajstić information content (AvgIpc) is 3.14. The van der Waals surface area contributed by atoms with Crippen molar-refractivity contribution in [3.63, 3.8) is 0 Å². The molecule has 0 unspecified atom stereocenters. The summed E-state index contributed by atoms with van der Waals surface area (Å²) >= 11 is 8.54. The van der Waals surface area contributed by atoms with Gasteiger partial charge in [-0.15, -0.1) is 11.3 Å². The Kier molecular flexibility index (Phi) is 4.35.